The summed E-state index contributed by atoms with van der Waals surface area (Å²) < 4.78 is 37.2. The summed E-state index contributed by atoms with van der Waals surface area (Å²) in [4.78, 5) is 11.9. The highest BCUT2D eigenvalue weighted by Gasteiger charge is 2.14. The van der Waals surface area contributed by atoms with Crippen LogP contribution in [0.2, 0.25) is 0 Å². The number of methoxy groups -OCH3 is 1. The van der Waals surface area contributed by atoms with Gasteiger partial charge < -0.3 is 9.47 Å². The Kier molecular flexibility index (Phi) is 4.90. The van der Waals surface area contributed by atoms with E-state index < -0.39 is 17.4 Å². The van der Waals surface area contributed by atoms with Crippen LogP contribution in [0.25, 0.3) is 0 Å². The summed E-state index contributed by atoms with van der Waals surface area (Å²) in [6.07, 6.45) is 0. The van der Waals surface area contributed by atoms with Crippen molar-refractivity contribution in [2.45, 2.75) is 0 Å². The number of benzene rings is 2. The quantitative estimate of drug-likeness (QED) is 0.759. The Morgan fingerprint density at radius 1 is 1.19 bits per heavy atom. The molecule has 0 aliphatic carbocycles. The van der Waals surface area contributed by atoms with E-state index in [1.54, 1.807) is 18.2 Å². The predicted octanol–water partition coefficient (Wildman–Crippen LogP) is 4.00. The lowest BCUT2D eigenvalue weighted by Gasteiger charge is -2.09. The van der Waals surface area contributed by atoms with Crippen molar-refractivity contribution in [3.63, 3.8) is 0 Å². The van der Waals surface area contributed by atoms with E-state index in [0.717, 1.165) is 12.1 Å². The molecule has 0 fully saturated rings. The Hall–Kier alpha value is -1.95. The molecule has 0 bridgehead atoms. The number of carbonyl (C=O) groups is 1. The molecule has 0 aliphatic heterocycles. The molecule has 0 radical (unpaired) electrons. The van der Waals surface area contributed by atoms with Crippen molar-refractivity contribution >= 4 is 21.7 Å². The number of ketones is 1. The summed E-state index contributed by atoms with van der Waals surface area (Å²) in [6.45, 7) is -0.354. The van der Waals surface area contributed by atoms with Crippen LogP contribution in [-0.2, 0) is 0 Å². The molecular formula is C15H11BrF2O3. The molecule has 110 valence electrons. The SMILES string of the molecule is COc1ccc(OCC(=O)c2ccc(F)cc2F)c(Br)c1. The molecule has 2 aromatic carbocycles. The smallest absolute Gasteiger partial charge is 0.203 e. The van der Waals surface area contributed by atoms with Crippen molar-refractivity contribution in [2.75, 3.05) is 13.7 Å². The largest absolute Gasteiger partial charge is 0.497 e. The van der Waals surface area contributed by atoms with E-state index in [4.69, 9.17) is 9.47 Å². The van der Waals surface area contributed by atoms with Gasteiger partial charge in [0.15, 0.2) is 6.61 Å². The molecule has 0 aromatic heterocycles. The third kappa shape index (κ3) is 3.78. The van der Waals surface area contributed by atoms with E-state index in [0.29, 0.717) is 22.0 Å². The molecule has 0 spiro atoms. The second-order valence-electron chi connectivity index (χ2n) is 4.13. The van der Waals surface area contributed by atoms with Gasteiger partial charge in [-0.3, -0.25) is 4.79 Å². The van der Waals surface area contributed by atoms with Gasteiger partial charge in [0, 0.05) is 6.07 Å². The van der Waals surface area contributed by atoms with Crippen molar-refractivity contribution in [1.29, 1.82) is 0 Å². The number of Topliss-reactive ketones (excluding diaryl/α,β-unsaturated/α-hetero) is 1. The van der Waals surface area contributed by atoms with Crippen molar-refractivity contribution in [3.8, 4) is 11.5 Å². The van der Waals surface area contributed by atoms with Crippen LogP contribution >= 0.6 is 15.9 Å². The number of hydrogen-bond acceptors (Lipinski definition) is 3. The Bertz CT molecular complexity index is 674. The summed E-state index contributed by atoms with van der Waals surface area (Å²) >= 11 is 3.28. The van der Waals surface area contributed by atoms with Gasteiger partial charge in [-0.1, -0.05) is 0 Å². The zero-order valence-electron chi connectivity index (χ0n) is 11.0. The highest BCUT2D eigenvalue weighted by atomic mass is 79.9. The topological polar surface area (TPSA) is 35.5 Å². The fourth-order valence-corrected chi connectivity index (χ4v) is 2.13. The first kappa shape index (κ1) is 15.4. The van der Waals surface area contributed by atoms with Gasteiger partial charge in [0.2, 0.25) is 5.78 Å². The Balaban J connectivity index is 2.07. The summed E-state index contributed by atoms with van der Waals surface area (Å²) in [5, 5.41) is 0. The van der Waals surface area contributed by atoms with E-state index in [2.05, 4.69) is 15.9 Å². The fourth-order valence-electron chi connectivity index (χ4n) is 1.66. The minimum Gasteiger partial charge on any atom is -0.497 e. The van der Waals surface area contributed by atoms with Gasteiger partial charge in [-0.15, -0.1) is 0 Å². The van der Waals surface area contributed by atoms with Crippen LogP contribution in [0, 0.1) is 11.6 Å². The Morgan fingerprint density at radius 3 is 2.57 bits per heavy atom. The van der Waals surface area contributed by atoms with Gasteiger partial charge in [0.1, 0.15) is 23.1 Å². The molecule has 0 unspecified atom stereocenters. The zero-order chi connectivity index (χ0) is 15.4. The van der Waals surface area contributed by atoms with Gasteiger partial charge in [-0.25, -0.2) is 8.78 Å². The van der Waals surface area contributed by atoms with Crippen LogP contribution in [0.4, 0.5) is 8.78 Å². The van der Waals surface area contributed by atoms with Gasteiger partial charge in [0.05, 0.1) is 17.1 Å². The van der Waals surface area contributed by atoms with Gasteiger partial charge in [-0.2, -0.15) is 0 Å². The number of rotatable bonds is 5. The molecule has 0 aliphatic rings. The van der Waals surface area contributed by atoms with E-state index in [1.807, 2.05) is 0 Å². The van der Waals surface area contributed by atoms with E-state index in [1.165, 1.54) is 7.11 Å². The minimum atomic E-state index is -0.905. The van der Waals surface area contributed by atoms with Gasteiger partial charge in [0.25, 0.3) is 0 Å². The standard InChI is InChI=1S/C15H11BrF2O3/c1-20-10-3-5-15(12(16)7-10)21-8-14(19)11-4-2-9(17)6-13(11)18/h2-7H,8H2,1H3. The number of hydrogen-bond donors (Lipinski definition) is 0. The van der Waals surface area contributed by atoms with Crippen LogP contribution in [0.1, 0.15) is 10.4 Å². The molecule has 0 N–H and O–H groups in total. The number of ether oxygens (including phenoxy) is 2. The fraction of sp³-hybridized carbons (Fsp3) is 0.133. The maximum Gasteiger partial charge on any atom is 0.203 e. The third-order valence-electron chi connectivity index (χ3n) is 2.73. The maximum absolute atomic E-state index is 13.5. The highest BCUT2D eigenvalue weighted by Crippen LogP contribution is 2.29. The Morgan fingerprint density at radius 2 is 1.95 bits per heavy atom. The molecule has 2 rings (SSSR count). The molecule has 0 atom stereocenters. The maximum atomic E-state index is 13.5. The lowest BCUT2D eigenvalue weighted by molar-refractivity contribution is 0.0917. The number of halogens is 3. The van der Waals surface area contributed by atoms with Crippen LogP contribution in [0.15, 0.2) is 40.9 Å². The summed E-state index contributed by atoms with van der Waals surface area (Å²) in [6, 6.07) is 7.76. The predicted molar refractivity (Wildman–Crippen MR) is 76.9 cm³/mol. The molecule has 0 saturated carbocycles. The second kappa shape index (κ2) is 6.67. The monoisotopic (exact) mass is 356 g/mol. The van der Waals surface area contributed by atoms with E-state index in [9.17, 15) is 13.6 Å². The summed E-state index contributed by atoms with van der Waals surface area (Å²) in [5.41, 5.74) is -0.207. The lowest BCUT2D eigenvalue weighted by Crippen LogP contribution is -2.13. The van der Waals surface area contributed by atoms with Gasteiger partial charge in [-0.05, 0) is 46.3 Å². The summed E-state index contributed by atoms with van der Waals surface area (Å²) in [5.74, 6) is -1.16. The third-order valence-corrected chi connectivity index (χ3v) is 3.35. The molecule has 2 aromatic rings. The van der Waals surface area contributed by atoms with Gasteiger partial charge >= 0.3 is 0 Å². The van der Waals surface area contributed by atoms with E-state index >= 15 is 0 Å². The first-order valence-electron chi connectivity index (χ1n) is 5.96. The Labute approximate surface area is 128 Å². The van der Waals surface area contributed by atoms with Crippen molar-refractivity contribution < 1.29 is 23.0 Å². The molecule has 0 amide bonds. The molecular weight excluding hydrogens is 346 g/mol. The first-order chi connectivity index (χ1) is 10.0. The molecule has 3 nitrogen and oxygen atoms in total. The summed E-state index contributed by atoms with van der Waals surface area (Å²) in [7, 11) is 1.53. The average Bonchev–Trinajstić information content (AvgIpc) is 2.45. The molecule has 6 heteroatoms. The lowest BCUT2D eigenvalue weighted by atomic mass is 10.1. The van der Waals surface area contributed by atoms with Crippen LogP contribution < -0.4 is 9.47 Å². The second-order valence-corrected chi connectivity index (χ2v) is 4.99. The minimum absolute atomic E-state index is 0.207. The van der Waals surface area contributed by atoms with Crippen LogP contribution in [0.5, 0.6) is 11.5 Å². The van der Waals surface area contributed by atoms with Crippen LogP contribution in [-0.4, -0.2) is 19.5 Å². The van der Waals surface area contributed by atoms with Crippen molar-refractivity contribution in [1.82, 2.24) is 0 Å². The number of carbonyl (C=O) groups excluding carboxylic acids is 1. The zero-order valence-corrected chi connectivity index (χ0v) is 12.6. The average molecular weight is 357 g/mol. The first-order valence-corrected chi connectivity index (χ1v) is 6.75. The van der Waals surface area contributed by atoms with E-state index in [-0.39, 0.29) is 12.2 Å². The molecule has 21 heavy (non-hydrogen) atoms. The van der Waals surface area contributed by atoms with Crippen molar-refractivity contribution in [2.24, 2.45) is 0 Å². The normalized spacial score (nSPS) is 10.3. The molecule has 0 heterocycles. The van der Waals surface area contributed by atoms with Crippen molar-refractivity contribution in [3.05, 3.63) is 58.1 Å². The highest BCUT2D eigenvalue weighted by molar-refractivity contribution is 9.10. The molecule has 0 saturated heterocycles. The van der Waals surface area contributed by atoms with Crippen LogP contribution in [0.3, 0.4) is 0 Å².